The van der Waals surface area contributed by atoms with E-state index in [1.165, 1.54) is 29.5 Å². The summed E-state index contributed by atoms with van der Waals surface area (Å²) in [5.74, 6) is -0.117. The standard InChI is InChI=1S/C25H23N5O3S/c1-17-7-9-19(10-8-17)15-29-23-6-4-3-5-22(23)26-25(29)34-16-24(31)28-27-18(2)20-11-13-21(14-12-20)30(32)33/h3-14H,15-16H2,1-2H3,(H,28,31)/b27-18+. The van der Waals surface area contributed by atoms with Crippen molar-refractivity contribution in [2.75, 3.05) is 5.75 Å². The predicted octanol–water partition coefficient (Wildman–Crippen LogP) is 4.93. The molecule has 4 rings (SSSR count). The number of carbonyl (C=O) groups excluding carboxylic acids is 1. The number of nitrogens with one attached hydrogen (secondary N) is 1. The average Bonchev–Trinajstić information content (AvgIpc) is 3.20. The number of aryl methyl sites for hydroxylation is 1. The molecule has 0 aliphatic heterocycles. The number of hydrazone groups is 1. The summed E-state index contributed by atoms with van der Waals surface area (Å²) in [5.41, 5.74) is 8.06. The van der Waals surface area contributed by atoms with Crippen molar-refractivity contribution in [3.05, 3.63) is 99.6 Å². The number of nitro groups is 1. The van der Waals surface area contributed by atoms with Crippen LogP contribution in [0.1, 0.15) is 23.6 Å². The van der Waals surface area contributed by atoms with E-state index in [1.807, 2.05) is 24.3 Å². The molecule has 0 atom stereocenters. The molecule has 0 unspecified atom stereocenters. The first-order valence-electron chi connectivity index (χ1n) is 10.6. The summed E-state index contributed by atoms with van der Waals surface area (Å²) in [6.45, 7) is 4.44. The lowest BCUT2D eigenvalue weighted by Gasteiger charge is -2.09. The van der Waals surface area contributed by atoms with Crippen LogP contribution in [0, 0.1) is 17.0 Å². The Balaban J connectivity index is 1.44. The molecule has 0 saturated carbocycles. The second-order valence-electron chi connectivity index (χ2n) is 7.78. The number of rotatable bonds is 8. The number of nitro benzene ring substituents is 1. The van der Waals surface area contributed by atoms with Gasteiger partial charge in [0.05, 0.1) is 34.0 Å². The van der Waals surface area contributed by atoms with Crippen molar-refractivity contribution in [3.8, 4) is 0 Å². The van der Waals surface area contributed by atoms with Gasteiger partial charge in [0.15, 0.2) is 5.16 Å². The number of nitrogens with zero attached hydrogens (tertiary/aromatic N) is 4. The van der Waals surface area contributed by atoms with Gasteiger partial charge in [0.25, 0.3) is 11.6 Å². The van der Waals surface area contributed by atoms with Gasteiger partial charge in [0, 0.05) is 12.1 Å². The fourth-order valence-electron chi connectivity index (χ4n) is 3.39. The molecule has 172 valence electrons. The van der Waals surface area contributed by atoms with Crippen LogP contribution in [-0.4, -0.2) is 31.8 Å². The van der Waals surface area contributed by atoms with Crippen LogP contribution in [0.3, 0.4) is 0 Å². The van der Waals surface area contributed by atoms with Crippen molar-refractivity contribution in [3.63, 3.8) is 0 Å². The van der Waals surface area contributed by atoms with Crippen LogP contribution < -0.4 is 5.43 Å². The molecule has 9 heteroatoms. The third-order valence-corrected chi connectivity index (χ3v) is 6.23. The third kappa shape index (κ3) is 5.49. The van der Waals surface area contributed by atoms with Crippen LogP contribution in [0.5, 0.6) is 0 Å². The Kier molecular flexibility index (Phi) is 7.03. The quantitative estimate of drug-likeness (QED) is 0.169. The monoisotopic (exact) mass is 473 g/mol. The molecule has 0 aliphatic rings. The second kappa shape index (κ2) is 10.3. The molecular weight excluding hydrogens is 450 g/mol. The van der Waals surface area contributed by atoms with Gasteiger partial charge in [-0.1, -0.05) is 53.7 Å². The Hall–Kier alpha value is -3.98. The Morgan fingerprint density at radius 2 is 1.79 bits per heavy atom. The highest BCUT2D eigenvalue weighted by molar-refractivity contribution is 7.99. The topological polar surface area (TPSA) is 102 Å². The molecule has 34 heavy (non-hydrogen) atoms. The first-order chi connectivity index (χ1) is 16.4. The van der Waals surface area contributed by atoms with Crippen LogP contribution in [0.15, 0.2) is 83.1 Å². The number of carbonyl (C=O) groups is 1. The van der Waals surface area contributed by atoms with Crippen LogP contribution in [0.4, 0.5) is 5.69 Å². The third-order valence-electron chi connectivity index (χ3n) is 5.26. The van der Waals surface area contributed by atoms with E-state index < -0.39 is 4.92 Å². The Morgan fingerprint density at radius 1 is 1.09 bits per heavy atom. The van der Waals surface area contributed by atoms with E-state index in [0.717, 1.165) is 21.8 Å². The van der Waals surface area contributed by atoms with Crippen LogP contribution in [0.25, 0.3) is 11.0 Å². The maximum absolute atomic E-state index is 12.5. The number of amides is 1. The van der Waals surface area contributed by atoms with Gasteiger partial charge >= 0.3 is 0 Å². The summed E-state index contributed by atoms with van der Waals surface area (Å²) >= 11 is 1.35. The van der Waals surface area contributed by atoms with Crippen molar-refractivity contribution in [2.24, 2.45) is 5.10 Å². The van der Waals surface area contributed by atoms with Gasteiger partial charge in [-0.25, -0.2) is 10.4 Å². The minimum absolute atomic E-state index is 0.00510. The summed E-state index contributed by atoms with van der Waals surface area (Å²) in [6.07, 6.45) is 0. The van der Waals surface area contributed by atoms with Crippen molar-refractivity contribution < 1.29 is 9.72 Å². The first-order valence-corrected chi connectivity index (χ1v) is 11.6. The molecule has 1 amide bonds. The van der Waals surface area contributed by atoms with Crippen molar-refractivity contribution in [1.29, 1.82) is 0 Å². The van der Waals surface area contributed by atoms with Gasteiger partial charge in [-0.3, -0.25) is 14.9 Å². The van der Waals surface area contributed by atoms with E-state index in [-0.39, 0.29) is 17.3 Å². The SMILES string of the molecule is C/C(=N\NC(=O)CSc1nc2ccccc2n1Cc1ccc(C)cc1)c1ccc([N+](=O)[O-])cc1. The van der Waals surface area contributed by atoms with Crippen LogP contribution >= 0.6 is 11.8 Å². The van der Waals surface area contributed by atoms with E-state index in [0.29, 0.717) is 17.8 Å². The average molecular weight is 474 g/mol. The molecule has 8 nitrogen and oxygen atoms in total. The maximum Gasteiger partial charge on any atom is 0.269 e. The van der Waals surface area contributed by atoms with Crippen LogP contribution in [-0.2, 0) is 11.3 Å². The molecule has 1 heterocycles. The predicted molar refractivity (Wildman–Crippen MR) is 134 cm³/mol. The second-order valence-corrected chi connectivity index (χ2v) is 8.72. The number of imidazole rings is 1. The highest BCUT2D eigenvalue weighted by Gasteiger charge is 2.13. The number of hydrogen-bond acceptors (Lipinski definition) is 6. The number of hydrogen-bond donors (Lipinski definition) is 1. The molecule has 0 spiro atoms. The largest absolute Gasteiger partial charge is 0.314 e. The molecule has 0 aliphatic carbocycles. The number of aromatic nitrogens is 2. The summed E-state index contributed by atoms with van der Waals surface area (Å²) < 4.78 is 2.11. The number of thioether (sulfide) groups is 1. The lowest BCUT2D eigenvalue weighted by molar-refractivity contribution is -0.384. The van der Waals surface area contributed by atoms with Gasteiger partial charge in [0.2, 0.25) is 0 Å². The van der Waals surface area contributed by atoms with E-state index in [2.05, 4.69) is 46.3 Å². The molecular formula is C25H23N5O3S. The van der Waals surface area contributed by atoms with Crippen molar-refractivity contribution >= 4 is 40.1 Å². The molecule has 3 aromatic carbocycles. The van der Waals surface area contributed by atoms with E-state index in [1.54, 1.807) is 19.1 Å². The van der Waals surface area contributed by atoms with Gasteiger partial charge < -0.3 is 4.57 Å². The van der Waals surface area contributed by atoms with Gasteiger partial charge in [-0.15, -0.1) is 0 Å². The fourth-order valence-corrected chi connectivity index (χ4v) is 4.20. The summed E-state index contributed by atoms with van der Waals surface area (Å²) in [4.78, 5) is 27.5. The Morgan fingerprint density at radius 3 is 2.50 bits per heavy atom. The van der Waals surface area contributed by atoms with Crippen molar-refractivity contribution in [2.45, 2.75) is 25.5 Å². The minimum atomic E-state index is -0.457. The summed E-state index contributed by atoms with van der Waals surface area (Å²) in [5, 5.41) is 15.7. The molecule has 4 aromatic rings. The van der Waals surface area contributed by atoms with Gasteiger partial charge in [-0.2, -0.15) is 5.10 Å². The molecule has 0 bridgehead atoms. The van der Waals surface area contributed by atoms with Crippen LogP contribution in [0.2, 0.25) is 0 Å². The van der Waals surface area contributed by atoms with E-state index in [9.17, 15) is 14.9 Å². The molecule has 0 fully saturated rings. The zero-order valence-corrected chi connectivity index (χ0v) is 19.6. The van der Waals surface area contributed by atoms with E-state index >= 15 is 0 Å². The molecule has 0 radical (unpaired) electrons. The molecule has 0 saturated heterocycles. The number of non-ortho nitro benzene ring substituents is 1. The highest BCUT2D eigenvalue weighted by Crippen LogP contribution is 2.25. The Bertz CT molecular complexity index is 1360. The number of benzene rings is 3. The van der Waals surface area contributed by atoms with Gasteiger partial charge in [0.1, 0.15) is 0 Å². The number of para-hydroxylation sites is 2. The lowest BCUT2D eigenvalue weighted by Crippen LogP contribution is -2.21. The van der Waals surface area contributed by atoms with E-state index in [4.69, 9.17) is 4.98 Å². The molecule has 1 aromatic heterocycles. The Labute approximate surface area is 200 Å². The summed E-state index contributed by atoms with van der Waals surface area (Å²) in [7, 11) is 0. The highest BCUT2D eigenvalue weighted by atomic mass is 32.2. The first kappa shape index (κ1) is 23.2. The number of fused-ring (bicyclic) bond motifs is 1. The fraction of sp³-hybridized carbons (Fsp3) is 0.160. The van der Waals surface area contributed by atoms with Gasteiger partial charge in [-0.05, 0) is 49.2 Å². The molecule has 1 N–H and O–H groups in total. The summed E-state index contributed by atoms with van der Waals surface area (Å²) in [6, 6.07) is 22.3. The smallest absolute Gasteiger partial charge is 0.269 e. The maximum atomic E-state index is 12.5. The zero-order valence-electron chi connectivity index (χ0n) is 18.8. The normalized spacial score (nSPS) is 11.5. The zero-order chi connectivity index (χ0) is 24.1. The van der Waals surface area contributed by atoms with Crippen molar-refractivity contribution in [1.82, 2.24) is 15.0 Å². The lowest BCUT2D eigenvalue weighted by atomic mass is 10.1. The minimum Gasteiger partial charge on any atom is -0.314 e.